The molecule has 0 radical (unpaired) electrons. The molecular weight excluding hydrogens is 324 g/mol. The minimum Gasteiger partial charge on any atom is -0.493 e. The lowest BCUT2D eigenvalue weighted by Gasteiger charge is -2.15. The van der Waals surface area contributed by atoms with E-state index in [1.165, 1.54) is 58.8 Å². The van der Waals surface area contributed by atoms with Gasteiger partial charge in [0.05, 0.1) is 13.7 Å². The minimum absolute atomic E-state index is 0.226. The summed E-state index contributed by atoms with van der Waals surface area (Å²) in [6, 6.07) is 2.99. The van der Waals surface area contributed by atoms with Gasteiger partial charge in [0, 0.05) is 26.0 Å². The first-order chi connectivity index (χ1) is 12.0. The van der Waals surface area contributed by atoms with Crippen LogP contribution in [0.3, 0.4) is 0 Å². The summed E-state index contributed by atoms with van der Waals surface area (Å²) in [4.78, 5) is 22.5. The van der Waals surface area contributed by atoms with Gasteiger partial charge in [-0.1, -0.05) is 39.0 Å². The zero-order chi connectivity index (χ0) is 18.7. The third-order valence-corrected chi connectivity index (χ3v) is 3.49. The summed E-state index contributed by atoms with van der Waals surface area (Å²) < 4.78 is 21.2. The molecule has 1 aromatic carbocycles. The molecule has 0 N–H and O–H groups in total. The number of hydrogen-bond donors (Lipinski definition) is 0. The maximum absolute atomic E-state index is 11.3. The first-order valence-corrected chi connectivity index (χ1v) is 8.69. The number of unbranched alkanes of at least 4 members (excludes halogenated alkanes) is 5. The van der Waals surface area contributed by atoms with Gasteiger partial charge in [0.25, 0.3) is 0 Å². The largest absolute Gasteiger partial charge is 0.493 e. The number of methoxy groups -OCH3 is 1. The molecule has 25 heavy (non-hydrogen) atoms. The third kappa shape index (κ3) is 7.92. The Morgan fingerprint density at radius 3 is 1.88 bits per heavy atom. The summed E-state index contributed by atoms with van der Waals surface area (Å²) in [6.07, 6.45) is 6.85. The maximum atomic E-state index is 11.3. The summed E-state index contributed by atoms with van der Waals surface area (Å²) in [5.74, 6) is 0.168. The monoisotopic (exact) mass is 352 g/mol. The fraction of sp³-hybridized carbons (Fsp3) is 0.579. The van der Waals surface area contributed by atoms with Crippen LogP contribution in [0, 0.1) is 0 Å². The summed E-state index contributed by atoms with van der Waals surface area (Å²) in [6.45, 7) is 5.29. The Bertz CT molecular complexity index is 567. The van der Waals surface area contributed by atoms with Crippen LogP contribution in [0.2, 0.25) is 0 Å². The molecule has 1 rings (SSSR count). The highest BCUT2D eigenvalue weighted by atomic mass is 16.6. The van der Waals surface area contributed by atoms with Crippen LogP contribution in [0.4, 0.5) is 0 Å². The molecule has 0 aliphatic rings. The standard InChI is InChI=1S/C19H28O6/c1-5-6-7-8-9-10-11-23-17-13-18(24-14(2)20)16(22-4)12-19(17)25-15(3)21/h12-13H,5-11H2,1-4H3. The van der Waals surface area contributed by atoms with E-state index in [4.69, 9.17) is 18.9 Å². The minimum atomic E-state index is -0.472. The quantitative estimate of drug-likeness (QED) is 0.336. The normalized spacial score (nSPS) is 10.2. The topological polar surface area (TPSA) is 71.1 Å². The highest BCUT2D eigenvalue weighted by molar-refractivity contribution is 5.73. The molecule has 0 aromatic heterocycles. The van der Waals surface area contributed by atoms with Crippen molar-refractivity contribution in [2.45, 2.75) is 59.3 Å². The van der Waals surface area contributed by atoms with E-state index in [9.17, 15) is 9.59 Å². The molecule has 0 amide bonds. The van der Waals surface area contributed by atoms with Crippen LogP contribution in [0.25, 0.3) is 0 Å². The number of rotatable bonds is 11. The van der Waals surface area contributed by atoms with Crippen molar-refractivity contribution in [3.8, 4) is 23.0 Å². The number of carbonyl (C=O) groups is 2. The van der Waals surface area contributed by atoms with E-state index in [-0.39, 0.29) is 11.5 Å². The molecule has 6 heteroatoms. The Labute approximate surface area is 149 Å². The lowest BCUT2D eigenvalue weighted by atomic mass is 10.1. The summed E-state index contributed by atoms with van der Waals surface area (Å²) in [5.41, 5.74) is 0. The van der Waals surface area contributed by atoms with E-state index >= 15 is 0 Å². The van der Waals surface area contributed by atoms with Crippen LogP contribution < -0.4 is 18.9 Å². The Kier molecular flexibility index (Phi) is 9.43. The van der Waals surface area contributed by atoms with Gasteiger partial charge in [0.1, 0.15) is 0 Å². The van der Waals surface area contributed by atoms with Crippen molar-refractivity contribution in [2.24, 2.45) is 0 Å². The van der Waals surface area contributed by atoms with Gasteiger partial charge in [0.15, 0.2) is 23.0 Å². The molecule has 6 nitrogen and oxygen atoms in total. The van der Waals surface area contributed by atoms with Gasteiger partial charge < -0.3 is 18.9 Å². The average molecular weight is 352 g/mol. The summed E-state index contributed by atoms with van der Waals surface area (Å²) in [7, 11) is 1.44. The first kappa shape index (κ1) is 20.8. The summed E-state index contributed by atoms with van der Waals surface area (Å²) >= 11 is 0. The molecule has 0 bridgehead atoms. The SMILES string of the molecule is CCCCCCCCOc1cc(OC(C)=O)c(OC)cc1OC(C)=O. The van der Waals surface area contributed by atoms with Gasteiger partial charge in [-0.3, -0.25) is 9.59 Å². The van der Waals surface area contributed by atoms with Crippen LogP contribution in [-0.2, 0) is 9.59 Å². The number of ether oxygens (including phenoxy) is 4. The van der Waals surface area contributed by atoms with Crippen LogP contribution >= 0.6 is 0 Å². The van der Waals surface area contributed by atoms with Crippen molar-refractivity contribution in [3.05, 3.63) is 12.1 Å². The lowest BCUT2D eigenvalue weighted by Crippen LogP contribution is -2.08. The Morgan fingerprint density at radius 1 is 0.800 bits per heavy atom. The van der Waals surface area contributed by atoms with Crippen molar-refractivity contribution in [1.82, 2.24) is 0 Å². The molecule has 0 aliphatic heterocycles. The molecule has 0 saturated carbocycles. The van der Waals surface area contributed by atoms with Crippen molar-refractivity contribution in [1.29, 1.82) is 0 Å². The van der Waals surface area contributed by atoms with Gasteiger partial charge in [-0.25, -0.2) is 0 Å². The van der Waals surface area contributed by atoms with Crippen LogP contribution in [-0.4, -0.2) is 25.7 Å². The van der Waals surface area contributed by atoms with Crippen LogP contribution in [0.5, 0.6) is 23.0 Å². The van der Waals surface area contributed by atoms with Gasteiger partial charge in [-0.05, 0) is 6.42 Å². The fourth-order valence-corrected chi connectivity index (χ4v) is 2.33. The molecule has 0 heterocycles. The third-order valence-electron chi connectivity index (χ3n) is 3.49. The molecular formula is C19H28O6. The van der Waals surface area contributed by atoms with E-state index in [0.29, 0.717) is 18.1 Å². The highest BCUT2D eigenvalue weighted by Crippen LogP contribution is 2.40. The van der Waals surface area contributed by atoms with Crippen LogP contribution in [0.15, 0.2) is 12.1 Å². The molecule has 0 aliphatic carbocycles. The lowest BCUT2D eigenvalue weighted by molar-refractivity contribution is -0.133. The second-order valence-electron chi connectivity index (χ2n) is 5.75. The first-order valence-electron chi connectivity index (χ1n) is 8.69. The Morgan fingerprint density at radius 2 is 1.32 bits per heavy atom. The number of benzene rings is 1. The maximum Gasteiger partial charge on any atom is 0.308 e. The zero-order valence-corrected chi connectivity index (χ0v) is 15.6. The Hall–Kier alpha value is -2.24. The van der Waals surface area contributed by atoms with Crippen molar-refractivity contribution >= 4 is 11.9 Å². The highest BCUT2D eigenvalue weighted by Gasteiger charge is 2.17. The molecule has 0 spiro atoms. The van der Waals surface area contributed by atoms with Gasteiger partial charge in [0.2, 0.25) is 0 Å². The van der Waals surface area contributed by atoms with E-state index in [0.717, 1.165) is 12.8 Å². The van der Waals surface area contributed by atoms with Gasteiger partial charge in [-0.15, -0.1) is 0 Å². The Balaban J connectivity index is 2.78. The van der Waals surface area contributed by atoms with E-state index in [1.807, 2.05) is 0 Å². The molecule has 1 aromatic rings. The van der Waals surface area contributed by atoms with Crippen molar-refractivity contribution < 1.29 is 28.5 Å². The van der Waals surface area contributed by atoms with Gasteiger partial charge in [-0.2, -0.15) is 0 Å². The molecule has 0 saturated heterocycles. The second kappa shape index (κ2) is 11.3. The smallest absolute Gasteiger partial charge is 0.308 e. The van der Waals surface area contributed by atoms with Crippen molar-refractivity contribution in [2.75, 3.05) is 13.7 Å². The average Bonchev–Trinajstić information content (AvgIpc) is 2.54. The molecule has 0 atom stereocenters. The van der Waals surface area contributed by atoms with Gasteiger partial charge >= 0.3 is 11.9 Å². The number of hydrogen-bond acceptors (Lipinski definition) is 6. The number of carbonyl (C=O) groups excluding carboxylic acids is 2. The number of esters is 2. The van der Waals surface area contributed by atoms with E-state index < -0.39 is 11.9 Å². The predicted octanol–water partition coefficient (Wildman–Crippen LogP) is 4.29. The fourth-order valence-electron chi connectivity index (χ4n) is 2.33. The molecule has 0 fully saturated rings. The zero-order valence-electron chi connectivity index (χ0n) is 15.6. The summed E-state index contributed by atoms with van der Waals surface area (Å²) in [5, 5.41) is 0. The van der Waals surface area contributed by atoms with E-state index in [2.05, 4.69) is 6.92 Å². The molecule has 0 unspecified atom stereocenters. The molecule has 140 valence electrons. The van der Waals surface area contributed by atoms with Crippen molar-refractivity contribution in [3.63, 3.8) is 0 Å². The van der Waals surface area contributed by atoms with E-state index in [1.54, 1.807) is 0 Å². The van der Waals surface area contributed by atoms with Crippen LogP contribution in [0.1, 0.15) is 59.3 Å². The second-order valence-corrected chi connectivity index (χ2v) is 5.75. The predicted molar refractivity (Wildman–Crippen MR) is 94.5 cm³/mol.